The standard InChI is InChI=1S/C9H13ClFN3O/c1-15-5-4-14(3-2-10)9-12-6-8(11)7-13-9/h6-7H,2-5H2,1H3. The van der Waals surface area contributed by atoms with E-state index in [4.69, 9.17) is 16.3 Å². The molecular formula is C9H13ClFN3O. The Hall–Kier alpha value is -0.940. The van der Waals surface area contributed by atoms with E-state index in [2.05, 4.69) is 9.97 Å². The number of hydrogen-bond donors (Lipinski definition) is 0. The molecule has 0 unspecified atom stereocenters. The fourth-order valence-electron chi connectivity index (χ4n) is 1.08. The van der Waals surface area contributed by atoms with Crippen molar-refractivity contribution in [2.75, 3.05) is 37.6 Å². The quantitative estimate of drug-likeness (QED) is 0.695. The van der Waals surface area contributed by atoms with Crippen LogP contribution in [0.3, 0.4) is 0 Å². The summed E-state index contributed by atoms with van der Waals surface area (Å²) in [7, 11) is 1.62. The lowest BCUT2D eigenvalue weighted by molar-refractivity contribution is 0.205. The molecule has 0 saturated heterocycles. The molecule has 1 heterocycles. The molecular weight excluding hydrogens is 221 g/mol. The van der Waals surface area contributed by atoms with Crippen LogP contribution in [0.5, 0.6) is 0 Å². The number of anilines is 1. The second kappa shape index (κ2) is 6.53. The summed E-state index contributed by atoms with van der Waals surface area (Å²) in [5, 5.41) is 0. The molecule has 15 heavy (non-hydrogen) atoms. The van der Waals surface area contributed by atoms with Crippen molar-refractivity contribution in [2.45, 2.75) is 0 Å². The second-order valence-corrected chi connectivity index (χ2v) is 3.25. The van der Waals surface area contributed by atoms with Crippen LogP contribution in [-0.4, -0.2) is 42.7 Å². The Balaban J connectivity index is 2.65. The molecule has 0 bridgehead atoms. The molecule has 0 aromatic carbocycles. The van der Waals surface area contributed by atoms with Gasteiger partial charge in [0.15, 0.2) is 5.82 Å². The highest BCUT2D eigenvalue weighted by Crippen LogP contribution is 2.06. The SMILES string of the molecule is COCCN(CCCl)c1ncc(F)cn1. The Morgan fingerprint density at radius 3 is 2.60 bits per heavy atom. The Bertz CT molecular complexity index is 283. The molecule has 0 aliphatic heterocycles. The van der Waals surface area contributed by atoms with Gasteiger partial charge in [0.05, 0.1) is 19.0 Å². The molecule has 1 aromatic heterocycles. The zero-order valence-electron chi connectivity index (χ0n) is 8.49. The van der Waals surface area contributed by atoms with Gasteiger partial charge in [-0.2, -0.15) is 0 Å². The first-order valence-corrected chi connectivity index (χ1v) is 5.08. The zero-order chi connectivity index (χ0) is 11.1. The summed E-state index contributed by atoms with van der Waals surface area (Å²) in [5.74, 6) is 0.482. The van der Waals surface area contributed by atoms with Gasteiger partial charge in [-0.3, -0.25) is 0 Å². The lowest BCUT2D eigenvalue weighted by atomic mass is 10.5. The summed E-state index contributed by atoms with van der Waals surface area (Å²) in [6.45, 7) is 1.79. The molecule has 0 fully saturated rings. The van der Waals surface area contributed by atoms with Crippen molar-refractivity contribution in [3.63, 3.8) is 0 Å². The van der Waals surface area contributed by atoms with Crippen LogP contribution in [0.25, 0.3) is 0 Å². The minimum absolute atomic E-state index is 0.448. The molecule has 1 aromatic rings. The Kier molecular flexibility index (Phi) is 5.28. The number of aromatic nitrogens is 2. The average molecular weight is 234 g/mol. The van der Waals surface area contributed by atoms with Gasteiger partial charge in [0.25, 0.3) is 0 Å². The molecule has 0 atom stereocenters. The largest absolute Gasteiger partial charge is 0.383 e. The summed E-state index contributed by atoms with van der Waals surface area (Å²) in [6, 6.07) is 0. The summed E-state index contributed by atoms with van der Waals surface area (Å²) in [6.07, 6.45) is 2.27. The monoisotopic (exact) mass is 233 g/mol. The number of halogens is 2. The second-order valence-electron chi connectivity index (χ2n) is 2.87. The van der Waals surface area contributed by atoms with Gasteiger partial charge in [0, 0.05) is 26.1 Å². The third-order valence-electron chi connectivity index (χ3n) is 1.81. The van der Waals surface area contributed by atoms with E-state index in [9.17, 15) is 4.39 Å². The van der Waals surface area contributed by atoms with Crippen LogP contribution >= 0.6 is 11.6 Å². The fourth-order valence-corrected chi connectivity index (χ4v) is 1.29. The van der Waals surface area contributed by atoms with E-state index in [-0.39, 0.29) is 0 Å². The summed E-state index contributed by atoms with van der Waals surface area (Å²) in [5.41, 5.74) is 0. The number of nitrogens with zero attached hydrogens (tertiary/aromatic N) is 3. The summed E-state index contributed by atoms with van der Waals surface area (Å²) >= 11 is 5.64. The van der Waals surface area contributed by atoms with Crippen LogP contribution in [0.2, 0.25) is 0 Å². The lowest BCUT2D eigenvalue weighted by Gasteiger charge is -2.20. The van der Waals surface area contributed by atoms with E-state index >= 15 is 0 Å². The predicted octanol–water partition coefficient (Wildman–Crippen LogP) is 1.31. The van der Waals surface area contributed by atoms with Crippen molar-refractivity contribution in [3.05, 3.63) is 18.2 Å². The Morgan fingerprint density at radius 1 is 1.40 bits per heavy atom. The number of hydrogen-bond acceptors (Lipinski definition) is 4. The van der Waals surface area contributed by atoms with Gasteiger partial charge >= 0.3 is 0 Å². The minimum atomic E-state index is -0.448. The van der Waals surface area contributed by atoms with Crippen LogP contribution in [-0.2, 0) is 4.74 Å². The third-order valence-corrected chi connectivity index (χ3v) is 1.98. The molecule has 0 saturated carbocycles. The van der Waals surface area contributed by atoms with E-state index in [1.807, 2.05) is 4.90 Å². The highest BCUT2D eigenvalue weighted by Gasteiger charge is 2.08. The van der Waals surface area contributed by atoms with E-state index in [1.54, 1.807) is 7.11 Å². The van der Waals surface area contributed by atoms with E-state index in [0.717, 1.165) is 12.4 Å². The normalized spacial score (nSPS) is 10.3. The van der Waals surface area contributed by atoms with Gasteiger partial charge in [-0.15, -0.1) is 11.6 Å². The third kappa shape index (κ3) is 3.97. The van der Waals surface area contributed by atoms with E-state index < -0.39 is 5.82 Å². The molecule has 0 aliphatic carbocycles. The Labute approximate surface area is 93.0 Å². The van der Waals surface area contributed by atoms with Crippen molar-refractivity contribution in [2.24, 2.45) is 0 Å². The van der Waals surface area contributed by atoms with Crippen molar-refractivity contribution in [1.29, 1.82) is 0 Å². The first-order chi connectivity index (χ1) is 7.27. The van der Waals surface area contributed by atoms with Gasteiger partial charge in [-0.1, -0.05) is 0 Å². The highest BCUT2D eigenvalue weighted by molar-refractivity contribution is 6.18. The zero-order valence-corrected chi connectivity index (χ0v) is 9.24. The molecule has 4 nitrogen and oxygen atoms in total. The number of ether oxygens (including phenoxy) is 1. The van der Waals surface area contributed by atoms with Crippen LogP contribution in [0.15, 0.2) is 12.4 Å². The van der Waals surface area contributed by atoms with Gasteiger partial charge in [-0.25, -0.2) is 14.4 Å². The van der Waals surface area contributed by atoms with Gasteiger partial charge in [-0.05, 0) is 0 Å². The first kappa shape index (κ1) is 12.1. The number of alkyl halides is 1. The molecule has 0 aliphatic rings. The van der Waals surface area contributed by atoms with Crippen LogP contribution in [0.1, 0.15) is 0 Å². The number of rotatable bonds is 6. The van der Waals surface area contributed by atoms with E-state index in [1.165, 1.54) is 0 Å². The molecule has 6 heteroatoms. The fraction of sp³-hybridized carbons (Fsp3) is 0.556. The Morgan fingerprint density at radius 2 is 2.07 bits per heavy atom. The molecule has 0 N–H and O–H groups in total. The molecule has 0 spiro atoms. The maximum absolute atomic E-state index is 12.6. The summed E-state index contributed by atoms with van der Waals surface area (Å²) in [4.78, 5) is 9.59. The minimum Gasteiger partial charge on any atom is -0.383 e. The smallest absolute Gasteiger partial charge is 0.225 e. The number of methoxy groups -OCH3 is 1. The van der Waals surface area contributed by atoms with E-state index in [0.29, 0.717) is 31.5 Å². The van der Waals surface area contributed by atoms with Crippen molar-refractivity contribution < 1.29 is 9.13 Å². The van der Waals surface area contributed by atoms with Gasteiger partial charge in [0.2, 0.25) is 5.95 Å². The summed E-state index contributed by atoms with van der Waals surface area (Å²) < 4.78 is 17.5. The molecule has 0 amide bonds. The lowest BCUT2D eigenvalue weighted by Crippen LogP contribution is -2.30. The maximum Gasteiger partial charge on any atom is 0.225 e. The van der Waals surface area contributed by atoms with Crippen LogP contribution < -0.4 is 4.90 Å². The van der Waals surface area contributed by atoms with Crippen molar-refractivity contribution >= 4 is 17.5 Å². The molecule has 1 rings (SSSR count). The molecule has 0 radical (unpaired) electrons. The van der Waals surface area contributed by atoms with Crippen LogP contribution in [0.4, 0.5) is 10.3 Å². The first-order valence-electron chi connectivity index (χ1n) is 4.55. The highest BCUT2D eigenvalue weighted by atomic mass is 35.5. The van der Waals surface area contributed by atoms with Gasteiger partial charge < -0.3 is 9.64 Å². The molecule has 84 valence electrons. The van der Waals surface area contributed by atoms with Crippen molar-refractivity contribution in [1.82, 2.24) is 9.97 Å². The average Bonchev–Trinajstić information content (AvgIpc) is 2.25. The topological polar surface area (TPSA) is 38.2 Å². The van der Waals surface area contributed by atoms with Gasteiger partial charge in [0.1, 0.15) is 0 Å². The van der Waals surface area contributed by atoms with Crippen LogP contribution in [0, 0.1) is 5.82 Å². The maximum atomic E-state index is 12.6. The van der Waals surface area contributed by atoms with Crippen molar-refractivity contribution in [3.8, 4) is 0 Å². The predicted molar refractivity (Wildman–Crippen MR) is 56.8 cm³/mol.